The van der Waals surface area contributed by atoms with Crippen LogP contribution in [0.2, 0.25) is 0 Å². The summed E-state index contributed by atoms with van der Waals surface area (Å²) < 4.78 is 0. The van der Waals surface area contributed by atoms with Gasteiger partial charge in [0, 0.05) is 37.6 Å². The molecule has 5 heteroatoms. The van der Waals surface area contributed by atoms with Crippen molar-refractivity contribution in [3.63, 3.8) is 0 Å². The number of nitrogens with one attached hydrogen (secondary N) is 1. The maximum absolute atomic E-state index is 12.4. The van der Waals surface area contributed by atoms with Gasteiger partial charge in [0.2, 0.25) is 5.91 Å². The highest BCUT2D eigenvalue weighted by Crippen LogP contribution is 2.19. The number of likely N-dealkylation sites (N-methyl/N-ethyl adjacent to an activating group) is 1. The minimum atomic E-state index is -0.120. The Morgan fingerprint density at radius 3 is 2.57 bits per heavy atom. The van der Waals surface area contributed by atoms with Gasteiger partial charge in [0.1, 0.15) is 0 Å². The van der Waals surface area contributed by atoms with Crippen molar-refractivity contribution in [1.29, 1.82) is 0 Å². The van der Waals surface area contributed by atoms with Gasteiger partial charge in [-0.25, -0.2) is 0 Å². The average Bonchev–Trinajstić information content (AvgIpc) is 2.47. The summed E-state index contributed by atoms with van der Waals surface area (Å²) >= 11 is 0. The summed E-state index contributed by atoms with van der Waals surface area (Å²) in [6.07, 6.45) is 0.901. The molecule has 0 spiro atoms. The Balaban J connectivity index is 1.95. The Morgan fingerprint density at radius 2 is 2.00 bits per heavy atom. The zero-order valence-electron chi connectivity index (χ0n) is 13.2. The molecule has 1 unspecified atom stereocenters. The molecule has 1 aliphatic rings. The Labute approximate surface area is 127 Å². The van der Waals surface area contributed by atoms with Crippen molar-refractivity contribution >= 4 is 17.3 Å². The number of hydrogen-bond donors (Lipinski definition) is 2. The number of nitrogens with two attached hydrogens (primary N) is 1. The van der Waals surface area contributed by atoms with E-state index in [1.807, 2.05) is 25.1 Å². The molecule has 0 radical (unpaired) electrons. The first-order valence-corrected chi connectivity index (χ1v) is 7.63. The Bertz CT molecular complexity index is 495. The summed E-state index contributed by atoms with van der Waals surface area (Å²) in [4.78, 5) is 16.9. The first kappa shape index (κ1) is 15.8. The van der Waals surface area contributed by atoms with Crippen molar-refractivity contribution in [3.8, 4) is 0 Å². The van der Waals surface area contributed by atoms with Crippen LogP contribution in [0.4, 0.5) is 11.4 Å². The molecule has 1 aromatic rings. The molecule has 0 bridgehead atoms. The lowest BCUT2D eigenvalue weighted by Gasteiger charge is -2.35. The molecule has 1 aromatic carbocycles. The first-order valence-electron chi connectivity index (χ1n) is 7.63. The normalized spacial score (nSPS) is 18.4. The molecule has 1 heterocycles. The minimum absolute atomic E-state index is 0.0307. The number of carbonyl (C=O) groups excluding carboxylic acids is 1. The molecule has 1 fully saturated rings. The number of nitrogens with zero attached hydrogens (tertiary/aromatic N) is 2. The van der Waals surface area contributed by atoms with Gasteiger partial charge >= 0.3 is 0 Å². The van der Waals surface area contributed by atoms with Crippen LogP contribution in [0.5, 0.6) is 0 Å². The molecule has 116 valence electrons. The van der Waals surface area contributed by atoms with Crippen molar-refractivity contribution in [2.75, 3.05) is 44.3 Å². The zero-order valence-corrected chi connectivity index (χ0v) is 13.2. The fourth-order valence-electron chi connectivity index (χ4n) is 2.62. The molecule has 0 aromatic heterocycles. The molecule has 1 atom stereocenters. The van der Waals surface area contributed by atoms with Crippen LogP contribution in [0.3, 0.4) is 0 Å². The van der Waals surface area contributed by atoms with Crippen LogP contribution in [0.1, 0.15) is 19.4 Å². The van der Waals surface area contributed by atoms with Crippen LogP contribution >= 0.6 is 0 Å². The summed E-state index contributed by atoms with van der Waals surface area (Å²) in [5.74, 6) is 0.0307. The highest BCUT2D eigenvalue weighted by molar-refractivity contribution is 5.95. The molecule has 3 N–H and O–H groups in total. The van der Waals surface area contributed by atoms with E-state index in [-0.39, 0.29) is 11.9 Å². The summed E-state index contributed by atoms with van der Waals surface area (Å²) in [5, 5.41) is 2.97. The van der Waals surface area contributed by atoms with Gasteiger partial charge in [-0.2, -0.15) is 0 Å². The third-order valence-electron chi connectivity index (χ3n) is 4.26. The number of nitrogen functional groups attached to an aromatic ring is 1. The van der Waals surface area contributed by atoms with Crippen LogP contribution in [-0.2, 0) is 11.2 Å². The standard InChI is InChI=1S/C16H26N4O/c1-4-13-5-6-14(11-15(13)17)18-16(21)12(2)20-9-7-19(3)8-10-20/h5-6,11-12H,4,7-10,17H2,1-3H3,(H,18,21). The number of anilines is 2. The summed E-state index contributed by atoms with van der Waals surface area (Å²) in [5.41, 5.74) is 8.60. The van der Waals surface area contributed by atoms with E-state index in [1.54, 1.807) is 0 Å². The molecule has 1 saturated heterocycles. The van der Waals surface area contributed by atoms with Crippen molar-refractivity contribution in [2.24, 2.45) is 0 Å². The highest BCUT2D eigenvalue weighted by atomic mass is 16.2. The van der Waals surface area contributed by atoms with Gasteiger partial charge in [-0.1, -0.05) is 13.0 Å². The fourth-order valence-corrected chi connectivity index (χ4v) is 2.62. The molecule has 1 amide bonds. The second kappa shape index (κ2) is 6.91. The van der Waals surface area contributed by atoms with Crippen LogP contribution in [0.15, 0.2) is 18.2 Å². The third kappa shape index (κ3) is 3.95. The molecule has 0 saturated carbocycles. The number of carbonyl (C=O) groups is 1. The molecule has 5 nitrogen and oxygen atoms in total. The van der Waals surface area contributed by atoms with E-state index in [0.29, 0.717) is 0 Å². The molecular weight excluding hydrogens is 264 g/mol. The van der Waals surface area contributed by atoms with E-state index in [9.17, 15) is 4.79 Å². The number of hydrogen-bond acceptors (Lipinski definition) is 4. The number of rotatable bonds is 4. The SMILES string of the molecule is CCc1ccc(NC(=O)C(C)N2CCN(C)CC2)cc1N. The summed E-state index contributed by atoms with van der Waals surface area (Å²) in [6, 6.07) is 5.62. The lowest BCUT2D eigenvalue weighted by atomic mass is 10.1. The molecule has 0 aliphatic carbocycles. The number of benzene rings is 1. The average molecular weight is 290 g/mol. The molecule has 21 heavy (non-hydrogen) atoms. The van der Waals surface area contributed by atoms with Crippen LogP contribution in [0.25, 0.3) is 0 Å². The maximum Gasteiger partial charge on any atom is 0.241 e. The van der Waals surface area contributed by atoms with Crippen LogP contribution in [0, 0.1) is 0 Å². The van der Waals surface area contributed by atoms with Crippen molar-refractivity contribution in [3.05, 3.63) is 23.8 Å². The van der Waals surface area contributed by atoms with Crippen LogP contribution in [-0.4, -0.2) is 55.0 Å². The van der Waals surface area contributed by atoms with E-state index in [2.05, 4.69) is 29.1 Å². The Kier molecular flexibility index (Phi) is 5.20. The predicted octanol–water partition coefficient (Wildman–Crippen LogP) is 1.41. The van der Waals surface area contributed by atoms with E-state index in [4.69, 9.17) is 5.73 Å². The van der Waals surface area contributed by atoms with Gasteiger partial charge in [-0.05, 0) is 38.1 Å². The molecule has 1 aliphatic heterocycles. The van der Waals surface area contributed by atoms with E-state index in [0.717, 1.165) is 49.5 Å². The quantitative estimate of drug-likeness (QED) is 0.823. The minimum Gasteiger partial charge on any atom is -0.398 e. The largest absolute Gasteiger partial charge is 0.398 e. The van der Waals surface area contributed by atoms with Gasteiger partial charge in [0.05, 0.1) is 6.04 Å². The summed E-state index contributed by atoms with van der Waals surface area (Å²) in [7, 11) is 2.11. The molecular formula is C16H26N4O. The Hall–Kier alpha value is -1.59. The maximum atomic E-state index is 12.4. The number of piperazine rings is 1. The lowest BCUT2D eigenvalue weighted by Crippen LogP contribution is -2.51. The second-order valence-electron chi connectivity index (χ2n) is 5.77. The summed E-state index contributed by atoms with van der Waals surface area (Å²) in [6.45, 7) is 7.92. The van der Waals surface area contributed by atoms with Gasteiger partial charge in [0.25, 0.3) is 0 Å². The van der Waals surface area contributed by atoms with Gasteiger partial charge in [-0.15, -0.1) is 0 Å². The zero-order chi connectivity index (χ0) is 15.4. The van der Waals surface area contributed by atoms with E-state index < -0.39 is 0 Å². The van der Waals surface area contributed by atoms with Crippen molar-refractivity contribution < 1.29 is 4.79 Å². The first-order chi connectivity index (χ1) is 10.0. The highest BCUT2D eigenvalue weighted by Gasteiger charge is 2.24. The van der Waals surface area contributed by atoms with Crippen molar-refractivity contribution in [2.45, 2.75) is 26.3 Å². The topological polar surface area (TPSA) is 61.6 Å². The van der Waals surface area contributed by atoms with Gasteiger partial charge in [0.15, 0.2) is 0 Å². The monoisotopic (exact) mass is 290 g/mol. The van der Waals surface area contributed by atoms with Gasteiger partial charge < -0.3 is 16.0 Å². The van der Waals surface area contributed by atoms with Crippen molar-refractivity contribution in [1.82, 2.24) is 9.80 Å². The number of aryl methyl sites for hydroxylation is 1. The van der Waals surface area contributed by atoms with E-state index >= 15 is 0 Å². The molecule has 2 rings (SSSR count). The smallest absolute Gasteiger partial charge is 0.241 e. The predicted molar refractivity (Wildman–Crippen MR) is 87.4 cm³/mol. The van der Waals surface area contributed by atoms with Gasteiger partial charge in [-0.3, -0.25) is 9.69 Å². The Morgan fingerprint density at radius 1 is 1.33 bits per heavy atom. The third-order valence-corrected chi connectivity index (χ3v) is 4.26. The van der Waals surface area contributed by atoms with Crippen LogP contribution < -0.4 is 11.1 Å². The lowest BCUT2D eigenvalue weighted by molar-refractivity contribution is -0.121. The van der Waals surface area contributed by atoms with E-state index in [1.165, 1.54) is 0 Å². The fraction of sp³-hybridized carbons (Fsp3) is 0.562. The second-order valence-corrected chi connectivity index (χ2v) is 5.77. The number of amides is 1.